The van der Waals surface area contributed by atoms with Crippen molar-refractivity contribution in [2.24, 2.45) is 5.92 Å². The average Bonchev–Trinajstić information content (AvgIpc) is 2.84. The highest BCUT2D eigenvalue weighted by molar-refractivity contribution is 6.35. The van der Waals surface area contributed by atoms with Crippen LogP contribution in [-0.4, -0.2) is 36.6 Å². The van der Waals surface area contributed by atoms with Gasteiger partial charge in [-0.25, -0.2) is 4.79 Å². The highest BCUT2D eigenvalue weighted by atomic mass is 35.5. The molecule has 2 fully saturated rings. The summed E-state index contributed by atoms with van der Waals surface area (Å²) in [7, 11) is 0. The summed E-state index contributed by atoms with van der Waals surface area (Å²) in [5.74, 6) is 0.722. The Bertz CT molecular complexity index is 503. The molecule has 0 bridgehead atoms. The number of nitrogens with one attached hydrogen (secondary N) is 2. The summed E-state index contributed by atoms with van der Waals surface area (Å²) in [5, 5.41) is 7.36. The molecule has 2 saturated heterocycles. The maximum absolute atomic E-state index is 12.3. The minimum atomic E-state index is -0.0875. The number of amides is 2. The Morgan fingerprint density at radius 3 is 2.75 bits per heavy atom. The van der Waals surface area contributed by atoms with Crippen LogP contribution in [0, 0.1) is 5.92 Å². The Balaban J connectivity index is 1.64. The Morgan fingerprint density at radius 2 is 2.00 bits per heavy atom. The van der Waals surface area contributed by atoms with E-state index < -0.39 is 0 Å². The minimum absolute atomic E-state index is 0.0875. The number of halogens is 2. The Labute approximate surface area is 128 Å². The molecule has 2 atom stereocenters. The second kappa shape index (κ2) is 5.80. The molecule has 1 aromatic rings. The molecule has 2 N–H and O–H groups in total. The van der Waals surface area contributed by atoms with Gasteiger partial charge in [-0.15, -0.1) is 0 Å². The van der Waals surface area contributed by atoms with Crippen LogP contribution < -0.4 is 10.6 Å². The first-order valence-corrected chi connectivity index (χ1v) is 7.63. The lowest BCUT2D eigenvalue weighted by Crippen LogP contribution is -2.50. The molecule has 0 saturated carbocycles. The molecule has 20 heavy (non-hydrogen) atoms. The van der Waals surface area contributed by atoms with Crippen molar-refractivity contribution >= 4 is 34.9 Å². The number of carbonyl (C=O) groups excluding carboxylic acids is 1. The fraction of sp³-hybridized carbons (Fsp3) is 0.500. The normalized spacial score (nSPS) is 25.4. The number of nitrogens with zero attached hydrogens (tertiary/aromatic N) is 1. The van der Waals surface area contributed by atoms with Crippen LogP contribution >= 0.6 is 23.2 Å². The predicted molar refractivity (Wildman–Crippen MR) is 81.6 cm³/mol. The van der Waals surface area contributed by atoms with Crippen LogP contribution in [0.15, 0.2) is 18.2 Å². The number of piperidine rings is 1. The predicted octanol–water partition coefficient (Wildman–Crippen LogP) is 3.21. The van der Waals surface area contributed by atoms with Crippen LogP contribution in [-0.2, 0) is 0 Å². The smallest absolute Gasteiger partial charge is 0.321 e. The van der Waals surface area contributed by atoms with Gasteiger partial charge in [-0.05, 0) is 43.5 Å². The first kappa shape index (κ1) is 14.0. The summed E-state index contributed by atoms with van der Waals surface area (Å²) in [6, 6.07) is 5.40. The SMILES string of the molecule is O=C(Nc1cc(Cl)cc(Cl)c1)N1CCC2CCNC2C1. The van der Waals surface area contributed by atoms with Crippen LogP contribution in [0.5, 0.6) is 0 Å². The number of likely N-dealkylation sites (tertiary alicyclic amines) is 1. The van der Waals surface area contributed by atoms with Crippen molar-refractivity contribution in [2.45, 2.75) is 18.9 Å². The Hall–Kier alpha value is -0.970. The van der Waals surface area contributed by atoms with Crippen molar-refractivity contribution in [2.75, 3.05) is 25.0 Å². The van der Waals surface area contributed by atoms with Crippen molar-refractivity contribution < 1.29 is 4.79 Å². The van der Waals surface area contributed by atoms with Crippen LogP contribution in [0.1, 0.15) is 12.8 Å². The monoisotopic (exact) mass is 313 g/mol. The molecular weight excluding hydrogens is 297 g/mol. The van der Waals surface area contributed by atoms with E-state index in [9.17, 15) is 4.79 Å². The molecule has 4 nitrogen and oxygen atoms in total. The molecule has 0 spiro atoms. The molecule has 2 heterocycles. The van der Waals surface area contributed by atoms with E-state index in [0.717, 1.165) is 32.0 Å². The van der Waals surface area contributed by atoms with Crippen molar-refractivity contribution in [1.29, 1.82) is 0 Å². The zero-order valence-corrected chi connectivity index (χ0v) is 12.5. The third-order valence-corrected chi connectivity index (χ3v) is 4.52. The first-order chi connectivity index (χ1) is 9.61. The molecule has 108 valence electrons. The van der Waals surface area contributed by atoms with Gasteiger partial charge in [0.15, 0.2) is 0 Å². The quantitative estimate of drug-likeness (QED) is 0.836. The minimum Gasteiger partial charge on any atom is -0.323 e. The summed E-state index contributed by atoms with van der Waals surface area (Å²) in [4.78, 5) is 14.1. The van der Waals surface area contributed by atoms with Gasteiger partial charge in [0.2, 0.25) is 0 Å². The highest BCUT2D eigenvalue weighted by Gasteiger charge is 2.34. The lowest BCUT2D eigenvalue weighted by molar-refractivity contribution is 0.173. The largest absolute Gasteiger partial charge is 0.323 e. The number of urea groups is 1. The Morgan fingerprint density at radius 1 is 1.25 bits per heavy atom. The number of benzene rings is 1. The zero-order chi connectivity index (χ0) is 14.1. The molecule has 0 radical (unpaired) electrons. The second-order valence-electron chi connectivity index (χ2n) is 5.43. The fourth-order valence-corrected chi connectivity index (χ4v) is 3.57. The maximum Gasteiger partial charge on any atom is 0.321 e. The second-order valence-corrected chi connectivity index (χ2v) is 6.31. The number of fused-ring (bicyclic) bond motifs is 1. The van der Waals surface area contributed by atoms with Gasteiger partial charge in [-0.3, -0.25) is 0 Å². The zero-order valence-electron chi connectivity index (χ0n) is 11.0. The molecule has 2 aliphatic heterocycles. The molecule has 2 unspecified atom stereocenters. The summed E-state index contributed by atoms with van der Waals surface area (Å²) in [5.41, 5.74) is 0.633. The van der Waals surface area contributed by atoms with Crippen LogP contribution in [0.3, 0.4) is 0 Å². The van der Waals surface area contributed by atoms with E-state index in [1.807, 2.05) is 4.90 Å². The maximum atomic E-state index is 12.3. The number of rotatable bonds is 1. The number of carbonyl (C=O) groups is 1. The lowest BCUT2D eigenvalue weighted by atomic mass is 9.93. The highest BCUT2D eigenvalue weighted by Crippen LogP contribution is 2.26. The third-order valence-electron chi connectivity index (χ3n) is 4.08. The lowest BCUT2D eigenvalue weighted by Gasteiger charge is -2.34. The number of anilines is 1. The van der Waals surface area contributed by atoms with Crippen LogP contribution in [0.4, 0.5) is 10.5 Å². The van der Waals surface area contributed by atoms with Gasteiger partial charge < -0.3 is 15.5 Å². The van der Waals surface area contributed by atoms with Crippen molar-refractivity contribution in [3.63, 3.8) is 0 Å². The molecule has 1 aromatic carbocycles. The molecule has 0 aromatic heterocycles. The van der Waals surface area contributed by atoms with E-state index in [-0.39, 0.29) is 6.03 Å². The average molecular weight is 314 g/mol. The van der Waals surface area contributed by atoms with Gasteiger partial charge in [0, 0.05) is 34.9 Å². The molecule has 3 rings (SSSR count). The van der Waals surface area contributed by atoms with Gasteiger partial charge in [-0.2, -0.15) is 0 Å². The fourth-order valence-electron chi connectivity index (χ4n) is 3.04. The van der Waals surface area contributed by atoms with Gasteiger partial charge in [-0.1, -0.05) is 23.2 Å². The topological polar surface area (TPSA) is 44.4 Å². The van der Waals surface area contributed by atoms with Crippen molar-refractivity contribution in [3.05, 3.63) is 28.2 Å². The molecule has 2 aliphatic rings. The van der Waals surface area contributed by atoms with Gasteiger partial charge in [0.1, 0.15) is 0 Å². The van der Waals surface area contributed by atoms with E-state index in [4.69, 9.17) is 23.2 Å². The first-order valence-electron chi connectivity index (χ1n) is 6.87. The van der Waals surface area contributed by atoms with E-state index in [0.29, 0.717) is 21.8 Å². The Kier molecular flexibility index (Phi) is 4.06. The summed E-state index contributed by atoms with van der Waals surface area (Å²) < 4.78 is 0. The van der Waals surface area contributed by atoms with E-state index in [1.165, 1.54) is 6.42 Å². The van der Waals surface area contributed by atoms with Crippen molar-refractivity contribution in [3.8, 4) is 0 Å². The van der Waals surface area contributed by atoms with Gasteiger partial charge in [0.25, 0.3) is 0 Å². The summed E-state index contributed by atoms with van der Waals surface area (Å²) in [6.07, 6.45) is 2.30. The number of hydrogen-bond donors (Lipinski definition) is 2. The van der Waals surface area contributed by atoms with Gasteiger partial charge in [0.05, 0.1) is 0 Å². The standard InChI is InChI=1S/C14H17Cl2N3O/c15-10-5-11(16)7-12(6-10)18-14(20)19-4-2-9-1-3-17-13(9)8-19/h5-7,9,13,17H,1-4,8H2,(H,18,20). The van der Waals surface area contributed by atoms with E-state index in [2.05, 4.69) is 10.6 Å². The molecule has 2 amide bonds. The van der Waals surface area contributed by atoms with Gasteiger partial charge >= 0.3 is 6.03 Å². The summed E-state index contributed by atoms with van der Waals surface area (Å²) in [6.45, 7) is 2.64. The van der Waals surface area contributed by atoms with Crippen LogP contribution in [0.2, 0.25) is 10.0 Å². The van der Waals surface area contributed by atoms with Crippen LogP contribution in [0.25, 0.3) is 0 Å². The summed E-state index contributed by atoms with van der Waals surface area (Å²) >= 11 is 11.9. The molecule has 6 heteroatoms. The van der Waals surface area contributed by atoms with E-state index >= 15 is 0 Å². The van der Waals surface area contributed by atoms with Crippen molar-refractivity contribution in [1.82, 2.24) is 10.2 Å². The molecule has 0 aliphatic carbocycles. The van der Waals surface area contributed by atoms with E-state index in [1.54, 1.807) is 18.2 Å². The number of hydrogen-bond acceptors (Lipinski definition) is 2. The third kappa shape index (κ3) is 3.03. The molecular formula is C14H17Cl2N3O.